The molecule has 1 heterocycles. The number of nitrogens with zero attached hydrogens (tertiary/aromatic N) is 2. The molecule has 0 bridgehead atoms. The first kappa shape index (κ1) is 19.8. The van der Waals surface area contributed by atoms with E-state index in [0.717, 1.165) is 10.2 Å². The van der Waals surface area contributed by atoms with Crippen molar-refractivity contribution in [2.45, 2.75) is 6.42 Å². The Morgan fingerprint density at radius 2 is 1.86 bits per heavy atom. The summed E-state index contributed by atoms with van der Waals surface area (Å²) in [5, 5.41) is 3.94. The molecule has 28 heavy (non-hydrogen) atoms. The van der Waals surface area contributed by atoms with Gasteiger partial charge in [-0.15, -0.1) is 0 Å². The maximum atomic E-state index is 12.3. The van der Waals surface area contributed by atoms with Gasteiger partial charge in [0.1, 0.15) is 0 Å². The van der Waals surface area contributed by atoms with Crippen LogP contribution < -0.4 is 10.3 Å². The fourth-order valence-electron chi connectivity index (χ4n) is 2.84. The van der Waals surface area contributed by atoms with E-state index in [1.807, 2.05) is 24.3 Å². The zero-order chi connectivity index (χ0) is 20.1. The van der Waals surface area contributed by atoms with E-state index in [1.54, 1.807) is 29.2 Å². The van der Waals surface area contributed by atoms with E-state index in [1.165, 1.54) is 13.3 Å². The summed E-state index contributed by atoms with van der Waals surface area (Å²) < 4.78 is 5.56. The number of hydrogen-bond donors (Lipinski definition) is 1. The molecule has 1 unspecified atom stereocenters. The lowest BCUT2D eigenvalue weighted by Crippen LogP contribution is -2.30. The molecule has 1 aliphatic heterocycles. The summed E-state index contributed by atoms with van der Waals surface area (Å²) >= 11 is 3.36. The number of nitrogens with one attached hydrogen (secondary N) is 1. The number of carbonyl (C=O) groups is 3. The second kappa shape index (κ2) is 8.79. The molecule has 2 aromatic carbocycles. The predicted molar refractivity (Wildman–Crippen MR) is 108 cm³/mol. The molecule has 1 N–H and O–H groups in total. The Morgan fingerprint density at radius 3 is 2.50 bits per heavy atom. The highest BCUT2D eigenvalue weighted by Crippen LogP contribution is 2.26. The third-order valence-corrected chi connectivity index (χ3v) is 4.88. The van der Waals surface area contributed by atoms with Gasteiger partial charge >= 0.3 is 5.97 Å². The molecule has 0 aliphatic carbocycles. The highest BCUT2D eigenvalue weighted by atomic mass is 79.9. The average Bonchev–Trinajstić information content (AvgIpc) is 3.10. The molecular weight excluding hydrogens is 426 g/mol. The van der Waals surface area contributed by atoms with E-state index in [9.17, 15) is 14.4 Å². The summed E-state index contributed by atoms with van der Waals surface area (Å²) in [5.41, 5.74) is 4.38. The van der Waals surface area contributed by atoms with Gasteiger partial charge in [-0.3, -0.25) is 9.59 Å². The molecule has 0 aromatic heterocycles. The van der Waals surface area contributed by atoms with Gasteiger partial charge in [0.15, 0.2) is 0 Å². The summed E-state index contributed by atoms with van der Waals surface area (Å²) in [6, 6.07) is 14.0. The zero-order valence-electron chi connectivity index (χ0n) is 15.1. The maximum Gasteiger partial charge on any atom is 0.337 e. The van der Waals surface area contributed by atoms with Crippen LogP contribution in [0.25, 0.3) is 0 Å². The molecule has 0 radical (unpaired) electrons. The summed E-state index contributed by atoms with van der Waals surface area (Å²) in [5.74, 6) is -1.28. The standard InChI is InChI=1S/C20H18BrN3O4/c1-28-20(27)14-4-2-13(3-5-14)11-22-23-19(26)15-10-18(25)24(12-15)17-8-6-16(21)7-9-17/h2-9,11,15H,10,12H2,1H3,(H,23,26)/b22-11+. The SMILES string of the molecule is COC(=O)c1ccc(/C=N/NC(=O)C2CC(=O)N(c3ccc(Br)cc3)C2)cc1. The van der Waals surface area contributed by atoms with Gasteiger partial charge in [0, 0.05) is 23.1 Å². The van der Waals surface area contributed by atoms with Crippen molar-refractivity contribution < 1.29 is 19.1 Å². The monoisotopic (exact) mass is 443 g/mol. The van der Waals surface area contributed by atoms with Crippen molar-refractivity contribution in [2.75, 3.05) is 18.6 Å². The van der Waals surface area contributed by atoms with E-state index in [2.05, 4.69) is 31.2 Å². The fourth-order valence-corrected chi connectivity index (χ4v) is 3.10. The van der Waals surface area contributed by atoms with Crippen molar-refractivity contribution in [3.05, 3.63) is 64.1 Å². The quantitative estimate of drug-likeness (QED) is 0.437. The number of amides is 2. The summed E-state index contributed by atoms with van der Waals surface area (Å²) in [7, 11) is 1.32. The minimum Gasteiger partial charge on any atom is -0.465 e. The fraction of sp³-hybridized carbons (Fsp3) is 0.200. The van der Waals surface area contributed by atoms with Crippen molar-refractivity contribution in [1.29, 1.82) is 0 Å². The van der Waals surface area contributed by atoms with Gasteiger partial charge in [-0.2, -0.15) is 5.10 Å². The molecule has 1 atom stereocenters. The van der Waals surface area contributed by atoms with Crippen LogP contribution in [0.1, 0.15) is 22.3 Å². The second-order valence-corrected chi connectivity index (χ2v) is 7.15. The van der Waals surface area contributed by atoms with E-state index < -0.39 is 11.9 Å². The normalized spacial score (nSPS) is 16.4. The lowest BCUT2D eigenvalue weighted by atomic mass is 10.1. The molecule has 1 saturated heterocycles. The molecule has 144 valence electrons. The molecule has 1 aliphatic rings. The molecule has 0 saturated carbocycles. The van der Waals surface area contributed by atoms with E-state index >= 15 is 0 Å². The third-order valence-electron chi connectivity index (χ3n) is 4.35. The van der Waals surface area contributed by atoms with Gasteiger partial charge in [-0.05, 0) is 42.0 Å². The molecule has 3 rings (SSSR count). The van der Waals surface area contributed by atoms with Crippen molar-refractivity contribution >= 4 is 45.6 Å². The van der Waals surface area contributed by atoms with E-state index in [0.29, 0.717) is 17.7 Å². The van der Waals surface area contributed by atoms with Crippen LogP contribution in [0.5, 0.6) is 0 Å². The van der Waals surface area contributed by atoms with Gasteiger partial charge in [-0.25, -0.2) is 10.2 Å². The van der Waals surface area contributed by atoms with Crippen molar-refractivity contribution in [1.82, 2.24) is 5.43 Å². The minimum atomic E-state index is -0.463. The second-order valence-electron chi connectivity index (χ2n) is 6.23. The lowest BCUT2D eigenvalue weighted by molar-refractivity contribution is -0.126. The van der Waals surface area contributed by atoms with Crippen LogP contribution in [0.2, 0.25) is 0 Å². The number of ether oxygens (including phenoxy) is 1. The highest BCUT2D eigenvalue weighted by molar-refractivity contribution is 9.10. The number of methoxy groups -OCH3 is 1. The Hall–Kier alpha value is -3.00. The van der Waals surface area contributed by atoms with Crippen molar-refractivity contribution in [3.63, 3.8) is 0 Å². The predicted octanol–water partition coefficient (Wildman–Crippen LogP) is 2.74. The van der Waals surface area contributed by atoms with Crippen LogP contribution in [0.15, 0.2) is 58.1 Å². The Balaban J connectivity index is 1.56. The Bertz CT molecular complexity index is 910. The van der Waals surface area contributed by atoms with Crippen LogP contribution in [-0.2, 0) is 14.3 Å². The van der Waals surface area contributed by atoms with E-state index in [4.69, 9.17) is 0 Å². The molecule has 2 aromatic rings. The largest absolute Gasteiger partial charge is 0.465 e. The van der Waals surface area contributed by atoms with Crippen molar-refractivity contribution in [3.8, 4) is 0 Å². The van der Waals surface area contributed by atoms with Gasteiger partial charge in [0.2, 0.25) is 11.8 Å². The minimum absolute atomic E-state index is 0.0927. The summed E-state index contributed by atoms with van der Waals surface area (Å²) in [6.07, 6.45) is 1.62. The Morgan fingerprint density at radius 1 is 1.18 bits per heavy atom. The molecule has 1 fully saturated rings. The first-order valence-electron chi connectivity index (χ1n) is 8.55. The van der Waals surface area contributed by atoms with Crippen LogP contribution in [0, 0.1) is 5.92 Å². The highest BCUT2D eigenvalue weighted by Gasteiger charge is 2.35. The number of benzene rings is 2. The number of carbonyl (C=O) groups excluding carboxylic acids is 3. The Kier molecular flexibility index (Phi) is 6.20. The van der Waals surface area contributed by atoms with Crippen LogP contribution in [0.4, 0.5) is 5.69 Å². The maximum absolute atomic E-state index is 12.3. The zero-order valence-corrected chi connectivity index (χ0v) is 16.7. The molecule has 8 heteroatoms. The van der Waals surface area contributed by atoms with Crippen LogP contribution in [-0.4, -0.2) is 37.7 Å². The van der Waals surface area contributed by atoms with Gasteiger partial charge < -0.3 is 9.64 Å². The van der Waals surface area contributed by atoms with Gasteiger partial charge in [0.25, 0.3) is 0 Å². The molecule has 0 spiro atoms. The third kappa shape index (κ3) is 4.64. The van der Waals surface area contributed by atoms with Crippen molar-refractivity contribution in [2.24, 2.45) is 11.0 Å². The number of esters is 1. The molecule has 2 amide bonds. The first-order valence-corrected chi connectivity index (χ1v) is 9.34. The number of rotatable bonds is 5. The smallest absolute Gasteiger partial charge is 0.337 e. The van der Waals surface area contributed by atoms with Gasteiger partial charge in [0.05, 0.1) is 24.8 Å². The number of hydrazone groups is 1. The summed E-state index contributed by atoms with van der Waals surface area (Å²) in [4.78, 5) is 37.6. The van der Waals surface area contributed by atoms with Gasteiger partial charge in [-0.1, -0.05) is 28.1 Å². The topological polar surface area (TPSA) is 88.1 Å². The molecule has 7 nitrogen and oxygen atoms in total. The van der Waals surface area contributed by atoms with E-state index in [-0.39, 0.29) is 18.2 Å². The average molecular weight is 444 g/mol. The first-order chi connectivity index (χ1) is 13.5. The van der Waals surface area contributed by atoms with Crippen LogP contribution >= 0.6 is 15.9 Å². The number of anilines is 1. The lowest BCUT2D eigenvalue weighted by Gasteiger charge is -2.16. The molecular formula is C20H18BrN3O4. The van der Waals surface area contributed by atoms with Crippen LogP contribution in [0.3, 0.4) is 0 Å². The Labute approximate surface area is 170 Å². The number of halogens is 1. The number of hydrogen-bond acceptors (Lipinski definition) is 5. The summed E-state index contributed by atoms with van der Waals surface area (Å²) in [6.45, 7) is 0.315.